The van der Waals surface area contributed by atoms with Crippen LogP contribution in [0.15, 0.2) is 0 Å². The Morgan fingerprint density at radius 1 is 1.50 bits per heavy atom. The molecule has 1 saturated heterocycles. The Morgan fingerprint density at radius 3 is 2.44 bits per heavy atom. The first kappa shape index (κ1) is 13.0. The summed E-state index contributed by atoms with van der Waals surface area (Å²) in [7, 11) is 0. The maximum atomic E-state index is 11.8. The third-order valence-corrected chi connectivity index (χ3v) is 3.31. The van der Waals surface area contributed by atoms with E-state index in [9.17, 15) is 9.59 Å². The van der Waals surface area contributed by atoms with Crippen molar-refractivity contribution >= 4 is 11.8 Å². The second-order valence-corrected chi connectivity index (χ2v) is 5.17. The fraction of sp³-hybridized carbons (Fsp3) is 0.818. The van der Waals surface area contributed by atoms with Gasteiger partial charge < -0.3 is 16.4 Å². The molecule has 0 spiro atoms. The van der Waals surface area contributed by atoms with Crippen molar-refractivity contribution in [3.8, 4) is 0 Å². The van der Waals surface area contributed by atoms with Gasteiger partial charge in [-0.2, -0.15) is 0 Å². The molecule has 1 rings (SSSR count). The monoisotopic (exact) mass is 227 g/mol. The molecule has 1 unspecified atom stereocenters. The van der Waals surface area contributed by atoms with Gasteiger partial charge >= 0.3 is 0 Å². The van der Waals surface area contributed by atoms with Gasteiger partial charge in [-0.1, -0.05) is 6.92 Å². The van der Waals surface area contributed by atoms with E-state index in [2.05, 4.69) is 10.6 Å². The van der Waals surface area contributed by atoms with Crippen LogP contribution in [0.2, 0.25) is 0 Å². The van der Waals surface area contributed by atoms with Crippen molar-refractivity contribution < 1.29 is 9.59 Å². The van der Waals surface area contributed by atoms with Gasteiger partial charge in [0.1, 0.15) is 0 Å². The molecule has 0 radical (unpaired) electrons. The third-order valence-electron chi connectivity index (χ3n) is 3.31. The topological polar surface area (TPSA) is 84.2 Å². The smallest absolute Gasteiger partial charge is 0.224 e. The highest BCUT2D eigenvalue weighted by molar-refractivity contribution is 5.82. The van der Waals surface area contributed by atoms with Gasteiger partial charge in [0, 0.05) is 12.5 Å². The molecule has 5 nitrogen and oxygen atoms in total. The van der Waals surface area contributed by atoms with Crippen LogP contribution < -0.4 is 16.4 Å². The van der Waals surface area contributed by atoms with Crippen LogP contribution in [0.1, 0.15) is 20.8 Å². The average molecular weight is 227 g/mol. The van der Waals surface area contributed by atoms with Crippen molar-refractivity contribution in [1.29, 1.82) is 0 Å². The van der Waals surface area contributed by atoms with E-state index in [-0.39, 0.29) is 11.8 Å². The molecule has 0 aromatic heterocycles. The lowest BCUT2D eigenvalue weighted by Crippen LogP contribution is -2.51. The molecule has 0 bridgehead atoms. The van der Waals surface area contributed by atoms with Crippen LogP contribution in [0.5, 0.6) is 0 Å². The minimum absolute atomic E-state index is 0.000764. The van der Waals surface area contributed by atoms with E-state index in [1.807, 2.05) is 6.92 Å². The molecule has 0 aromatic carbocycles. The second kappa shape index (κ2) is 4.82. The van der Waals surface area contributed by atoms with Crippen LogP contribution in [0.25, 0.3) is 0 Å². The van der Waals surface area contributed by atoms with Gasteiger partial charge in [0.2, 0.25) is 11.8 Å². The lowest BCUT2D eigenvalue weighted by atomic mass is 9.87. The molecule has 1 heterocycles. The predicted octanol–water partition coefficient (Wildman–Crippen LogP) is -0.530. The summed E-state index contributed by atoms with van der Waals surface area (Å²) in [5.41, 5.74) is 4.54. The normalized spacial score (nSPS) is 18.7. The van der Waals surface area contributed by atoms with Crippen molar-refractivity contribution in [1.82, 2.24) is 10.6 Å². The highest BCUT2D eigenvalue weighted by Crippen LogP contribution is 2.17. The van der Waals surface area contributed by atoms with Crippen LogP contribution in [0.4, 0.5) is 0 Å². The van der Waals surface area contributed by atoms with E-state index in [1.165, 1.54) is 0 Å². The van der Waals surface area contributed by atoms with Gasteiger partial charge in [0.25, 0.3) is 0 Å². The maximum Gasteiger partial charge on any atom is 0.224 e. The molecular weight excluding hydrogens is 206 g/mol. The zero-order valence-electron chi connectivity index (χ0n) is 10.2. The van der Waals surface area contributed by atoms with Crippen LogP contribution in [-0.4, -0.2) is 31.4 Å². The predicted molar refractivity (Wildman–Crippen MR) is 61.5 cm³/mol. The summed E-state index contributed by atoms with van der Waals surface area (Å²) in [5.74, 6) is 0.00760. The van der Waals surface area contributed by atoms with E-state index in [1.54, 1.807) is 13.8 Å². The summed E-state index contributed by atoms with van der Waals surface area (Å²) >= 11 is 0. The first-order valence-electron chi connectivity index (χ1n) is 5.63. The Bertz CT molecular complexity index is 285. The zero-order chi connectivity index (χ0) is 12.3. The summed E-state index contributed by atoms with van der Waals surface area (Å²) in [5, 5.41) is 5.92. The largest absolute Gasteiger partial charge is 0.369 e. The van der Waals surface area contributed by atoms with Crippen LogP contribution in [-0.2, 0) is 9.59 Å². The number of nitrogens with two attached hydrogens (primary N) is 1. The first-order chi connectivity index (χ1) is 7.34. The average Bonchev–Trinajstić information content (AvgIpc) is 2.11. The fourth-order valence-corrected chi connectivity index (χ4v) is 1.43. The van der Waals surface area contributed by atoms with Crippen LogP contribution >= 0.6 is 0 Å². The van der Waals surface area contributed by atoms with Gasteiger partial charge in [0.05, 0.1) is 5.41 Å². The molecule has 1 fully saturated rings. The highest BCUT2D eigenvalue weighted by atomic mass is 16.2. The van der Waals surface area contributed by atoms with Gasteiger partial charge in [-0.25, -0.2) is 0 Å². The highest BCUT2D eigenvalue weighted by Gasteiger charge is 2.31. The molecule has 1 aliphatic heterocycles. The van der Waals surface area contributed by atoms with Gasteiger partial charge in [0.15, 0.2) is 0 Å². The molecule has 4 N–H and O–H groups in total. The van der Waals surface area contributed by atoms with Crippen molar-refractivity contribution in [3.63, 3.8) is 0 Å². The van der Waals surface area contributed by atoms with Gasteiger partial charge in [-0.3, -0.25) is 9.59 Å². The first-order valence-corrected chi connectivity index (χ1v) is 5.63. The van der Waals surface area contributed by atoms with Crippen molar-refractivity contribution in [2.24, 2.45) is 23.0 Å². The number of hydrogen-bond acceptors (Lipinski definition) is 3. The van der Waals surface area contributed by atoms with Crippen molar-refractivity contribution in [2.75, 3.05) is 19.6 Å². The zero-order valence-corrected chi connectivity index (χ0v) is 10.2. The maximum absolute atomic E-state index is 11.8. The molecule has 2 amide bonds. The summed E-state index contributed by atoms with van der Waals surface area (Å²) in [6.45, 7) is 7.46. The Balaban J connectivity index is 2.37. The lowest BCUT2D eigenvalue weighted by Gasteiger charge is -2.32. The van der Waals surface area contributed by atoms with Crippen molar-refractivity contribution in [2.45, 2.75) is 20.8 Å². The minimum Gasteiger partial charge on any atom is -0.369 e. The summed E-state index contributed by atoms with van der Waals surface area (Å²) in [6, 6.07) is 0. The van der Waals surface area contributed by atoms with E-state index >= 15 is 0 Å². The SMILES string of the molecule is CC(C(=O)NCC(C)(C)C(N)=O)C1CNC1. The lowest BCUT2D eigenvalue weighted by molar-refractivity contribution is -0.129. The Kier molecular flexibility index (Phi) is 3.91. The fourth-order valence-electron chi connectivity index (χ4n) is 1.43. The van der Waals surface area contributed by atoms with E-state index in [4.69, 9.17) is 5.73 Å². The molecule has 1 aliphatic rings. The van der Waals surface area contributed by atoms with E-state index in [0.29, 0.717) is 12.5 Å². The molecule has 92 valence electrons. The molecule has 1 atom stereocenters. The Morgan fingerprint density at radius 2 is 2.06 bits per heavy atom. The van der Waals surface area contributed by atoms with Crippen LogP contribution in [0.3, 0.4) is 0 Å². The summed E-state index contributed by atoms with van der Waals surface area (Å²) in [6.07, 6.45) is 0. The number of carbonyl (C=O) groups excluding carboxylic acids is 2. The summed E-state index contributed by atoms with van der Waals surface area (Å²) < 4.78 is 0. The van der Waals surface area contributed by atoms with Crippen LogP contribution in [0, 0.1) is 17.3 Å². The van der Waals surface area contributed by atoms with Gasteiger partial charge in [-0.05, 0) is 32.9 Å². The molecule has 0 aliphatic carbocycles. The Labute approximate surface area is 96.1 Å². The second-order valence-electron chi connectivity index (χ2n) is 5.17. The number of carbonyl (C=O) groups is 2. The van der Waals surface area contributed by atoms with E-state index in [0.717, 1.165) is 13.1 Å². The quantitative estimate of drug-likeness (QED) is 0.590. The number of amides is 2. The molecular formula is C11H21N3O2. The molecule has 0 aromatic rings. The van der Waals surface area contributed by atoms with E-state index < -0.39 is 11.3 Å². The number of nitrogens with one attached hydrogen (secondary N) is 2. The minimum atomic E-state index is -0.687. The molecule has 0 saturated carbocycles. The molecule has 16 heavy (non-hydrogen) atoms. The summed E-state index contributed by atoms with van der Waals surface area (Å²) in [4.78, 5) is 22.8. The third kappa shape index (κ3) is 2.95. The Hall–Kier alpha value is -1.10. The number of primary amides is 1. The number of rotatable bonds is 5. The van der Waals surface area contributed by atoms with Crippen molar-refractivity contribution in [3.05, 3.63) is 0 Å². The standard InChI is InChI=1S/C11H21N3O2/c1-7(8-4-13-5-8)9(15)14-6-11(2,3)10(12)16/h7-8,13H,4-6H2,1-3H3,(H2,12,16)(H,14,15). The number of hydrogen-bond donors (Lipinski definition) is 3. The van der Waals surface area contributed by atoms with Gasteiger partial charge in [-0.15, -0.1) is 0 Å². The molecule has 5 heteroatoms.